The summed E-state index contributed by atoms with van der Waals surface area (Å²) in [6, 6.07) is 16.3. The van der Waals surface area contributed by atoms with E-state index in [2.05, 4.69) is 41.2 Å². The van der Waals surface area contributed by atoms with Crippen molar-refractivity contribution in [2.75, 3.05) is 31.1 Å². The van der Waals surface area contributed by atoms with Crippen molar-refractivity contribution in [3.05, 3.63) is 77.4 Å². The van der Waals surface area contributed by atoms with Gasteiger partial charge in [-0.3, -0.25) is 4.79 Å². The number of carbonyl (C=O) groups excluding carboxylic acids is 1. The van der Waals surface area contributed by atoms with E-state index >= 15 is 0 Å². The Morgan fingerprint density at radius 3 is 2.41 bits per heavy atom. The van der Waals surface area contributed by atoms with Gasteiger partial charge in [-0.05, 0) is 55.3 Å². The third kappa shape index (κ3) is 3.88. The monoisotopic (exact) mass is 392 g/mol. The fourth-order valence-corrected chi connectivity index (χ4v) is 3.86. The highest BCUT2D eigenvalue weighted by Crippen LogP contribution is 2.23. The van der Waals surface area contributed by atoms with Crippen LogP contribution >= 0.6 is 0 Å². The Hall–Kier alpha value is -3.15. The molecule has 6 heteroatoms. The van der Waals surface area contributed by atoms with Gasteiger partial charge in [0.15, 0.2) is 0 Å². The first-order chi connectivity index (χ1) is 14.1. The van der Waals surface area contributed by atoms with Crippen LogP contribution in [-0.4, -0.2) is 46.8 Å². The summed E-state index contributed by atoms with van der Waals surface area (Å²) in [4.78, 5) is 17.4. The van der Waals surface area contributed by atoms with E-state index in [0.717, 1.165) is 25.2 Å². The van der Waals surface area contributed by atoms with Crippen LogP contribution < -0.4 is 4.90 Å². The molecule has 5 nitrogen and oxygen atoms in total. The first-order valence-corrected chi connectivity index (χ1v) is 10.0. The molecular weight excluding hydrogens is 367 g/mol. The van der Waals surface area contributed by atoms with Crippen molar-refractivity contribution in [2.45, 2.75) is 20.3 Å². The second-order valence-corrected chi connectivity index (χ2v) is 7.32. The minimum atomic E-state index is -0.311. The summed E-state index contributed by atoms with van der Waals surface area (Å²) in [5.74, 6) is -0.354. The minimum absolute atomic E-state index is 0.0432. The summed E-state index contributed by atoms with van der Waals surface area (Å²) < 4.78 is 14.9. The lowest BCUT2D eigenvalue weighted by molar-refractivity contribution is 0.0737. The third-order valence-electron chi connectivity index (χ3n) is 5.40. The highest BCUT2D eigenvalue weighted by atomic mass is 19.1. The number of para-hydroxylation sites is 1. The number of benzene rings is 2. The Balaban J connectivity index is 1.51. The van der Waals surface area contributed by atoms with E-state index in [1.807, 2.05) is 11.8 Å². The van der Waals surface area contributed by atoms with Gasteiger partial charge in [0.25, 0.3) is 5.91 Å². The van der Waals surface area contributed by atoms with Crippen LogP contribution in [0.25, 0.3) is 5.69 Å². The maximum absolute atomic E-state index is 13.3. The van der Waals surface area contributed by atoms with Gasteiger partial charge >= 0.3 is 0 Å². The molecule has 1 amide bonds. The Bertz CT molecular complexity index is 1000. The number of hydrogen-bond donors (Lipinski definition) is 0. The summed E-state index contributed by atoms with van der Waals surface area (Å²) in [7, 11) is 0. The van der Waals surface area contributed by atoms with Crippen molar-refractivity contribution in [1.29, 1.82) is 0 Å². The van der Waals surface area contributed by atoms with E-state index < -0.39 is 0 Å². The van der Waals surface area contributed by atoms with Crippen LogP contribution in [0.5, 0.6) is 0 Å². The topological polar surface area (TPSA) is 41.4 Å². The molecule has 4 rings (SSSR count). The summed E-state index contributed by atoms with van der Waals surface area (Å²) >= 11 is 0. The number of rotatable bonds is 4. The number of aromatic nitrogens is 2. The number of aryl methyl sites for hydroxylation is 2. The van der Waals surface area contributed by atoms with Crippen LogP contribution in [0.4, 0.5) is 10.1 Å². The van der Waals surface area contributed by atoms with E-state index in [4.69, 9.17) is 0 Å². The number of piperazine rings is 1. The SMILES string of the molecule is CCc1ccccc1N1CCN(C(=O)c2cc(C)nn2-c2ccc(F)cc2)CC1. The van der Waals surface area contributed by atoms with Crippen LogP contribution in [-0.2, 0) is 6.42 Å². The molecule has 0 N–H and O–H groups in total. The van der Waals surface area contributed by atoms with Crippen molar-refractivity contribution >= 4 is 11.6 Å². The van der Waals surface area contributed by atoms with Crippen molar-refractivity contribution in [3.8, 4) is 5.69 Å². The Kier molecular flexibility index (Phi) is 5.34. The first-order valence-electron chi connectivity index (χ1n) is 10.0. The molecule has 0 radical (unpaired) electrons. The standard InChI is InChI=1S/C23H25FN4O/c1-3-18-6-4-5-7-21(18)26-12-14-27(15-13-26)23(29)22-16-17(2)25-28(22)20-10-8-19(24)9-11-20/h4-11,16H,3,12-15H2,1-2H3. The predicted molar refractivity (Wildman–Crippen MR) is 112 cm³/mol. The van der Waals surface area contributed by atoms with Crippen molar-refractivity contribution in [3.63, 3.8) is 0 Å². The lowest BCUT2D eigenvalue weighted by Crippen LogP contribution is -2.49. The Morgan fingerprint density at radius 2 is 1.72 bits per heavy atom. The lowest BCUT2D eigenvalue weighted by atomic mass is 10.1. The fraction of sp³-hybridized carbons (Fsp3) is 0.304. The maximum atomic E-state index is 13.3. The molecule has 1 fully saturated rings. The molecule has 0 unspecified atom stereocenters. The number of halogens is 1. The number of amides is 1. The molecule has 1 aliphatic rings. The molecule has 29 heavy (non-hydrogen) atoms. The number of hydrogen-bond acceptors (Lipinski definition) is 3. The molecule has 2 aromatic carbocycles. The molecule has 0 atom stereocenters. The number of carbonyl (C=O) groups is 1. The fourth-order valence-electron chi connectivity index (χ4n) is 3.86. The Labute approximate surface area is 170 Å². The molecule has 0 spiro atoms. The zero-order valence-corrected chi connectivity index (χ0v) is 16.8. The van der Waals surface area contributed by atoms with Crippen molar-refractivity contribution in [2.24, 2.45) is 0 Å². The van der Waals surface area contributed by atoms with E-state index in [-0.39, 0.29) is 11.7 Å². The van der Waals surface area contributed by atoms with Crippen LogP contribution in [0, 0.1) is 12.7 Å². The Morgan fingerprint density at radius 1 is 1.03 bits per heavy atom. The molecular formula is C23H25FN4O. The van der Waals surface area contributed by atoms with Crippen LogP contribution in [0.2, 0.25) is 0 Å². The zero-order valence-electron chi connectivity index (χ0n) is 16.8. The molecule has 0 aliphatic carbocycles. The average molecular weight is 392 g/mol. The van der Waals surface area contributed by atoms with Crippen LogP contribution in [0.15, 0.2) is 54.6 Å². The van der Waals surface area contributed by atoms with E-state index in [9.17, 15) is 9.18 Å². The zero-order chi connectivity index (χ0) is 20.4. The highest BCUT2D eigenvalue weighted by molar-refractivity contribution is 5.93. The number of nitrogens with zero attached hydrogens (tertiary/aromatic N) is 4. The quantitative estimate of drug-likeness (QED) is 0.677. The van der Waals surface area contributed by atoms with Crippen LogP contribution in [0.1, 0.15) is 28.7 Å². The second kappa shape index (κ2) is 8.07. The van der Waals surface area contributed by atoms with E-state index in [1.54, 1.807) is 22.9 Å². The van der Waals surface area contributed by atoms with Gasteiger partial charge in [0.05, 0.1) is 11.4 Å². The second-order valence-electron chi connectivity index (χ2n) is 7.32. The molecule has 1 aliphatic heterocycles. The largest absolute Gasteiger partial charge is 0.368 e. The smallest absolute Gasteiger partial charge is 0.272 e. The van der Waals surface area contributed by atoms with Crippen molar-refractivity contribution in [1.82, 2.24) is 14.7 Å². The van der Waals surface area contributed by atoms with Gasteiger partial charge in [0.2, 0.25) is 0 Å². The molecule has 0 bridgehead atoms. The average Bonchev–Trinajstić information content (AvgIpc) is 3.15. The molecule has 1 saturated heterocycles. The van der Waals surface area contributed by atoms with Gasteiger partial charge in [-0.25, -0.2) is 9.07 Å². The predicted octanol–water partition coefficient (Wildman–Crippen LogP) is 3.84. The summed E-state index contributed by atoms with van der Waals surface area (Å²) in [6.07, 6.45) is 0.992. The van der Waals surface area contributed by atoms with Gasteiger partial charge in [-0.1, -0.05) is 25.1 Å². The molecule has 0 saturated carbocycles. The molecule has 2 heterocycles. The number of anilines is 1. The summed E-state index contributed by atoms with van der Waals surface area (Å²) in [5.41, 5.74) is 4.54. The van der Waals surface area contributed by atoms with Crippen molar-refractivity contribution < 1.29 is 9.18 Å². The minimum Gasteiger partial charge on any atom is -0.368 e. The highest BCUT2D eigenvalue weighted by Gasteiger charge is 2.26. The first kappa shape index (κ1) is 19.2. The summed E-state index contributed by atoms with van der Waals surface area (Å²) in [6.45, 7) is 6.93. The third-order valence-corrected chi connectivity index (χ3v) is 5.40. The van der Waals surface area contributed by atoms with E-state index in [0.29, 0.717) is 24.5 Å². The van der Waals surface area contributed by atoms with Crippen LogP contribution in [0.3, 0.4) is 0 Å². The van der Waals surface area contributed by atoms with Gasteiger partial charge in [0.1, 0.15) is 11.5 Å². The van der Waals surface area contributed by atoms with Gasteiger partial charge < -0.3 is 9.80 Å². The van der Waals surface area contributed by atoms with Gasteiger partial charge in [0, 0.05) is 31.9 Å². The van der Waals surface area contributed by atoms with E-state index in [1.165, 1.54) is 23.4 Å². The molecule has 3 aromatic rings. The van der Waals surface area contributed by atoms with Gasteiger partial charge in [-0.2, -0.15) is 5.10 Å². The molecule has 150 valence electrons. The maximum Gasteiger partial charge on any atom is 0.272 e. The summed E-state index contributed by atoms with van der Waals surface area (Å²) in [5, 5.41) is 4.45. The molecule has 1 aromatic heterocycles. The van der Waals surface area contributed by atoms with Gasteiger partial charge in [-0.15, -0.1) is 0 Å². The lowest BCUT2D eigenvalue weighted by Gasteiger charge is -2.37. The normalized spacial score (nSPS) is 14.3.